The number of hydrogen-bond donors (Lipinski definition) is 0. The van der Waals surface area contributed by atoms with Crippen LogP contribution in [0, 0.1) is 5.92 Å². The molecule has 7 heteroatoms. The third-order valence-corrected chi connectivity index (χ3v) is 5.79. The fraction of sp³-hybridized carbons (Fsp3) is 0.667. The van der Waals surface area contributed by atoms with Crippen LogP contribution in [-0.2, 0) is 25.9 Å². The van der Waals surface area contributed by atoms with Crippen molar-refractivity contribution in [3.8, 4) is 0 Å². The van der Waals surface area contributed by atoms with Crippen molar-refractivity contribution in [3.05, 3.63) is 39.4 Å². The number of hydrogen-bond acceptors (Lipinski definition) is 6. The Bertz CT molecular complexity index is 832. The van der Waals surface area contributed by atoms with E-state index in [4.69, 9.17) is 4.52 Å². The molecule has 0 N–H and O–H groups in total. The Kier molecular flexibility index (Phi) is 3.69. The molecule has 2 aromatic heterocycles. The Balaban J connectivity index is 1.16. The summed E-state index contributed by atoms with van der Waals surface area (Å²) in [6.07, 6.45) is 6.76. The van der Waals surface area contributed by atoms with E-state index >= 15 is 0 Å². The van der Waals surface area contributed by atoms with Crippen LogP contribution in [0.5, 0.6) is 0 Å². The maximum absolute atomic E-state index is 12.2. The van der Waals surface area contributed by atoms with E-state index in [0.717, 1.165) is 61.9 Å². The van der Waals surface area contributed by atoms with Gasteiger partial charge in [-0.1, -0.05) is 11.6 Å². The van der Waals surface area contributed by atoms with E-state index in [0.29, 0.717) is 18.4 Å². The first-order valence-corrected chi connectivity index (χ1v) is 9.39. The van der Waals surface area contributed by atoms with Crippen LogP contribution >= 0.6 is 0 Å². The molecule has 3 aliphatic rings. The van der Waals surface area contributed by atoms with Gasteiger partial charge in [0.15, 0.2) is 5.82 Å². The Morgan fingerprint density at radius 3 is 2.88 bits per heavy atom. The molecule has 2 aliphatic carbocycles. The summed E-state index contributed by atoms with van der Waals surface area (Å²) in [4.78, 5) is 19.0. The van der Waals surface area contributed by atoms with Gasteiger partial charge < -0.3 is 4.52 Å². The zero-order valence-corrected chi connectivity index (χ0v) is 14.4. The van der Waals surface area contributed by atoms with Crippen molar-refractivity contribution in [2.75, 3.05) is 13.1 Å². The summed E-state index contributed by atoms with van der Waals surface area (Å²) in [5.74, 6) is 2.56. The van der Waals surface area contributed by atoms with Gasteiger partial charge in [0.1, 0.15) is 0 Å². The van der Waals surface area contributed by atoms with Gasteiger partial charge in [0.05, 0.1) is 18.8 Å². The van der Waals surface area contributed by atoms with Crippen LogP contribution in [0.3, 0.4) is 0 Å². The van der Waals surface area contributed by atoms with Crippen LogP contribution in [0.1, 0.15) is 54.6 Å². The molecule has 0 aromatic carbocycles. The molecule has 25 heavy (non-hydrogen) atoms. The molecule has 3 heterocycles. The van der Waals surface area contributed by atoms with Crippen LogP contribution in [-0.4, -0.2) is 37.9 Å². The molecule has 1 saturated heterocycles. The van der Waals surface area contributed by atoms with Crippen LogP contribution in [0.15, 0.2) is 15.4 Å². The number of aromatic nitrogens is 4. The van der Waals surface area contributed by atoms with E-state index < -0.39 is 0 Å². The topological polar surface area (TPSA) is 77.0 Å². The van der Waals surface area contributed by atoms with Crippen molar-refractivity contribution < 1.29 is 4.52 Å². The van der Waals surface area contributed by atoms with Crippen molar-refractivity contribution in [2.24, 2.45) is 5.92 Å². The summed E-state index contributed by atoms with van der Waals surface area (Å²) >= 11 is 0. The Hall–Kier alpha value is -2.02. The number of likely N-dealkylation sites (tertiary alicyclic amines) is 1. The minimum atomic E-state index is 0.0439. The first-order valence-electron chi connectivity index (χ1n) is 9.39. The van der Waals surface area contributed by atoms with E-state index in [1.165, 1.54) is 19.3 Å². The fourth-order valence-corrected chi connectivity index (χ4v) is 4.09. The van der Waals surface area contributed by atoms with Crippen LogP contribution in [0.25, 0.3) is 0 Å². The monoisotopic (exact) mass is 341 g/mol. The van der Waals surface area contributed by atoms with Gasteiger partial charge in [-0.3, -0.25) is 9.69 Å². The van der Waals surface area contributed by atoms with Crippen molar-refractivity contribution in [1.29, 1.82) is 0 Å². The van der Waals surface area contributed by atoms with Gasteiger partial charge in [0, 0.05) is 31.0 Å². The minimum Gasteiger partial charge on any atom is -0.339 e. The minimum absolute atomic E-state index is 0.0439. The second-order valence-corrected chi connectivity index (χ2v) is 7.73. The number of fused-ring (bicyclic) bond motifs is 1. The normalized spacial score (nSPS) is 21.1. The number of aryl methyl sites for hydroxylation is 2. The molecule has 2 fully saturated rings. The number of rotatable bonds is 5. The summed E-state index contributed by atoms with van der Waals surface area (Å²) in [5, 5.41) is 8.68. The second-order valence-electron chi connectivity index (χ2n) is 7.73. The van der Waals surface area contributed by atoms with Gasteiger partial charge in [0.25, 0.3) is 5.56 Å². The third-order valence-electron chi connectivity index (χ3n) is 5.79. The zero-order chi connectivity index (χ0) is 16.8. The largest absolute Gasteiger partial charge is 0.339 e. The fourth-order valence-electron chi connectivity index (χ4n) is 4.09. The Labute approximate surface area is 146 Å². The standard InChI is InChI=1S/C18H23N5O2/c24-17-7-14-5-2-6-15(14)20-23(17)10-12-8-22(9-12)11-16-19-18(25-21-16)13-3-1-4-13/h7,12-13H,1-6,8-11H2. The third kappa shape index (κ3) is 2.90. The first kappa shape index (κ1) is 15.3. The maximum Gasteiger partial charge on any atom is 0.267 e. The molecular formula is C18H23N5O2. The molecule has 2 aromatic rings. The summed E-state index contributed by atoms with van der Waals surface area (Å²) in [6.45, 7) is 3.36. The predicted molar refractivity (Wildman–Crippen MR) is 90.2 cm³/mol. The molecule has 0 spiro atoms. The molecule has 7 nitrogen and oxygen atoms in total. The van der Waals surface area contributed by atoms with Crippen molar-refractivity contribution in [2.45, 2.75) is 57.5 Å². The van der Waals surface area contributed by atoms with E-state index in [9.17, 15) is 4.79 Å². The van der Waals surface area contributed by atoms with Crippen LogP contribution < -0.4 is 5.56 Å². The Morgan fingerprint density at radius 1 is 1.20 bits per heavy atom. The highest BCUT2D eigenvalue weighted by Crippen LogP contribution is 2.35. The summed E-state index contributed by atoms with van der Waals surface area (Å²) in [6, 6.07) is 1.78. The zero-order valence-electron chi connectivity index (χ0n) is 14.4. The van der Waals surface area contributed by atoms with Crippen molar-refractivity contribution in [3.63, 3.8) is 0 Å². The predicted octanol–water partition coefficient (Wildman–Crippen LogP) is 1.51. The molecule has 1 saturated carbocycles. The lowest BCUT2D eigenvalue weighted by atomic mass is 9.85. The number of nitrogens with zero attached hydrogens (tertiary/aromatic N) is 5. The molecular weight excluding hydrogens is 318 g/mol. The van der Waals surface area contributed by atoms with Gasteiger partial charge >= 0.3 is 0 Å². The average molecular weight is 341 g/mol. The highest BCUT2D eigenvalue weighted by atomic mass is 16.5. The maximum atomic E-state index is 12.2. The molecule has 0 unspecified atom stereocenters. The van der Waals surface area contributed by atoms with Gasteiger partial charge in [0.2, 0.25) is 5.89 Å². The molecule has 1 aliphatic heterocycles. The van der Waals surface area contributed by atoms with Crippen LogP contribution in [0.4, 0.5) is 0 Å². The lowest BCUT2D eigenvalue weighted by molar-refractivity contribution is 0.0731. The van der Waals surface area contributed by atoms with E-state index in [1.54, 1.807) is 10.7 Å². The molecule has 0 amide bonds. The summed E-state index contributed by atoms with van der Waals surface area (Å²) < 4.78 is 7.04. The van der Waals surface area contributed by atoms with E-state index in [-0.39, 0.29) is 5.56 Å². The average Bonchev–Trinajstić information content (AvgIpc) is 3.12. The van der Waals surface area contributed by atoms with Gasteiger partial charge in [-0.25, -0.2) is 4.68 Å². The highest BCUT2D eigenvalue weighted by molar-refractivity contribution is 5.22. The van der Waals surface area contributed by atoms with E-state index in [2.05, 4.69) is 20.1 Å². The first-order chi connectivity index (χ1) is 12.2. The summed E-state index contributed by atoms with van der Waals surface area (Å²) in [7, 11) is 0. The van der Waals surface area contributed by atoms with Crippen molar-refractivity contribution >= 4 is 0 Å². The quantitative estimate of drug-likeness (QED) is 0.820. The molecule has 5 rings (SSSR count). The summed E-state index contributed by atoms with van der Waals surface area (Å²) in [5.41, 5.74) is 2.31. The van der Waals surface area contributed by atoms with Gasteiger partial charge in [-0.2, -0.15) is 10.1 Å². The van der Waals surface area contributed by atoms with E-state index in [1.807, 2.05) is 0 Å². The Morgan fingerprint density at radius 2 is 2.08 bits per heavy atom. The van der Waals surface area contributed by atoms with Gasteiger partial charge in [-0.05, 0) is 37.7 Å². The molecule has 0 radical (unpaired) electrons. The second kappa shape index (κ2) is 6.05. The molecule has 0 atom stereocenters. The smallest absolute Gasteiger partial charge is 0.267 e. The van der Waals surface area contributed by atoms with Crippen molar-refractivity contribution in [1.82, 2.24) is 24.8 Å². The lowest BCUT2D eigenvalue weighted by Gasteiger charge is -2.38. The molecule has 0 bridgehead atoms. The molecule has 132 valence electrons. The lowest BCUT2D eigenvalue weighted by Crippen LogP contribution is -2.49. The SMILES string of the molecule is O=c1cc2c(nn1CC1CN(Cc3noc(C4CCC4)n3)C1)CCC2. The highest BCUT2D eigenvalue weighted by Gasteiger charge is 2.30. The van der Waals surface area contributed by atoms with Gasteiger partial charge in [-0.15, -0.1) is 0 Å². The van der Waals surface area contributed by atoms with Crippen LogP contribution in [0.2, 0.25) is 0 Å².